The van der Waals surface area contributed by atoms with Gasteiger partial charge in [0.2, 0.25) is 5.76 Å². The zero-order valence-electron chi connectivity index (χ0n) is 9.67. The van der Waals surface area contributed by atoms with Gasteiger partial charge in [-0.15, -0.1) is 10.2 Å². The molecule has 0 spiro atoms. The lowest BCUT2D eigenvalue weighted by atomic mass is 10.3. The highest BCUT2D eigenvalue weighted by Gasteiger charge is 2.12. The Kier molecular flexibility index (Phi) is 3.17. The molecule has 90 valence electrons. The van der Waals surface area contributed by atoms with Crippen molar-refractivity contribution in [3.63, 3.8) is 0 Å². The molecule has 0 unspecified atom stereocenters. The van der Waals surface area contributed by atoms with E-state index >= 15 is 0 Å². The molecule has 0 aliphatic carbocycles. The van der Waals surface area contributed by atoms with Crippen molar-refractivity contribution >= 4 is 5.91 Å². The van der Waals surface area contributed by atoms with Gasteiger partial charge in [0.05, 0.1) is 12.2 Å². The van der Waals surface area contributed by atoms with Crippen molar-refractivity contribution in [3.05, 3.63) is 29.7 Å². The molecule has 7 nitrogen and oxygen atoms in total. The lowest BCUT2D eigenvalue weighted by molar-refractivity contribution is 0.0912. The number of aromatic nitrogens is 4. The summed E-state index contributed by atoms with van der Waals surface area (Å²) in [7, 11) is 0. The van der Waals surface area contributed by atoms with Crippen molar-refractivity contribution < 1.29 is 9.32 Å². The molecule has 2 rings (SSSR count). The quantitative estimate of drug-likeness (QED) is 0.835. The van der Waals surface area contributed by atoms with Crippen LogP contribution in [0.4, 0.5) is 0 Å². The first-order valence-electron chi connectivity index (χ1n) is 5.29. The van der Waals surface area contributed by atoms with Crippen LogP contribution in [0.5, 0.6) is 0 Å². The third-order valence-electron chi connectivity index (χ3n) is 2.30. The largest absolute Gasteiger partial charge is 0.351 e. The van der Waals surface area contributed by atoms with E-state index in [1.807, 2.05) is 11.5 Å². The highest BCUT2D eigenvalue weighted by Crippen LogP contribution is 2.02. The Morgan fingerprint density at radius 2 is 2.41 bits per heavy atom. The fourth-order valence-electron chi connectivity index (χ4n) is 1.40. The molecule has 2 aromatic heterocycles. The van der Waals surface area contributed by atoms with Gasteiger partial charge >= 0.3 is 0 Å². The van der Waals surface area contributed by atoms with Gasteiger partial charge < -0.3 is 14.4 Å². The zero-order valence-corrected chi connectivity index (χ0v) is 9.67. The number of aryl methyl sites for hydroxylation is 2. The van der Waals surface area contributed by atoms with Gasteiger partial charge in [0, 0.05) is 12.6 Å². The van der Waals surface area contributed by atoms with E-state index in [-0.39, 0.29) is 11.7 Å². The molecule has 1 N–H and O–H groups in total. The Morgan fingerprint density at radius 3 is 3.06 bits per heavy atom. The molecule has 2 heterocycles. The summed E-state index contributed by atoms with van der Waals surface area (Å²) in [5, 5.41) is 14.0. The standard InChI is InChI=1S/C10H13N5O2/c1-3-15-6-12-13-9(15)5-11-10(16)8-4-7(2)14-17-8/h4,6H,3,5H2,1-2H3,(H,11,16). The second kappa shape index (κ2) is 4.77. The Balaban J connectivity index is 1.97. The lowest BCUT2D eigenvalue weighted by Crippen LogP contribution is -2.24. The number of carbonyl (C=O) groups is 1. The van der Waals surface area contributed by atoms with Gasteiger partial charge in [-0.3, -0.25) is 4.79 Å². The fraction of sp³-hybridized carbons (Fsp3) is 0.400. The molecule has 0 aliphatic rings. The smallest absolute Gasteiger partial charge is 0.290 e. The van der Waals surface area contributed by atoms with Crippen molar-refractivity contribution in [2.75, 3.05) is 0 Å². The second-order valence-corrected chi connectivity index (χ2v) is 3.55. The van der Waals surface area contributed by atoms with E-state index in [0.717, 1.165) is 6.54 Å². The molecule has 0 bridgehead atoms. The van der Waals surface area contributed by atoms with Crippen LogP contribution in [-0.2, 0) is 13.1 Å². The number of hydrogen-bond acceptors (Lipinski definition) is 5. The first-order valence-corrected chi connectivity index (χ1v) is 5.29. The fourth-order valence-corrected chi connectivity index (χ4v) is 1.40. The number of nitrogens with zero attached hydrogens (tertiary/aromatic N) is 4. The van der Waals surface area contributed by atoms with Gasteiger partial charge in [-0.25, -0.2) is 0 Å². The van der Waals surface area contributed by atoms with Gasteiger partial charge in [0.1, 0.15) is 6.33 Å². The first kappa shape index (κ1) is 11.3. The molecule has 0 atom stereocenters. The molecular weight excluding hydrogens is 222 g/mol. The summed E-state index contributed by atoms with van der Waals surface area (Å²) in [6.45, 7) is 4.81. The summed E-state index contributed by atoms with van der Waals surface area (Å²) in [5.74, 6) is 0.596. The molecule has 0 fully saturated rings. The summed E-state index contributed by atoms with van der Waals surface area (Å²) in [6, 6.07) is 1.58. The van der Waals surface area contributed by atoms with Crippen molar-refractivity contribution in [2.45, 2.75) is 26.9 Å². The summed E-state index contributed by atoms with van der Waals surface area (Å²) < 4.78 is 6.70. The summed E-state index contributed by atoms with van der Waals surface area (Å²) in [5.41, 5.74) is 0.673. The monoisotopic (exact) mass is 235 g/mol. The van der Waals surface area contributed by atoms with Crippen LogP contribution in [0.15, 0.2) is 16.9 Å². The van der Waals surface area contributed by atoms with E-state index in [0.29, 0.717) is 18.1 Å². The van der Waals surface area contributed by atoms with Gasteiger partial charge in [0.15, 0.2) is 5.82 Å². The van der Waals surface area contributed by atoms with Crippen LogP contribution < -0.4 is 5.32 Å². The SMILES string of the molecule is CCn1cnnc1CNC(=O)c1cc(C)no1. The third-order valence-corrected chi connectivity index (χ3v) is 2.30. The molecule has 2 aromatic rings. The van der Waals surface area contributed by atoms with Crippen LogP contribution in [0.3, 0.4) is 0 Å². The molecule has 7 heteroatoms. The maximum absolute atomic E-state index is 11.7. The van der Waals surface area contributed by atoms with Gasteiger partial charge in [-0.05, 0) is 13.8 Å². The molecule has 0 radical (unpaired) electrons. The molecular formula is C10H13N5O2. The van der Waals surface area contributed by atoms with Crippen LogP contribution in [0, 0.1) is 6.92 Å². The van der Waals surface area contributed by atoms with E-state index in [2.05, 4.69) is 20.7 Å². The Bertz CT molecular complexity index is 516. The summed E-state index contributed by atoms with van der Waals surface area (Å²) in [6.07, 6.45) is 1.63. The highest BCUT2D eigenvalue weighted by molar-refractivity contribution is 5.91. The van der Waals surface area contributed by atoms with Crippen LogP contribution in [0.2, 0.25) is 0 Å². The average molecular weight is 235 g/mol. The Labute approximate surface area is 97.8 Å². The van der Waals surface area contributed by atoms with Crippen molar-refractivity contribution in [2.24, 2.45) is 0 Å². The van der Waals surface area contributed by atoms with Crippen molar-refractivity contribution in [1.29, 1.82) is 0 Å². The first-order chi connectivity index (χ1) is 8.20. The van der Waals surface area contributed by atoms with E-state index in [4.69, 9.17) is 4.52 Å². The maximum Gasteiger partial charge on any atom is 0.290 e. The van der Waals surface area contributed by atoms with Crippen molar-refractivity contribution in [3.8, 4) is 0 Å². The molecule has 1 amide bonds. The number of hydrogen-bond donors (Lipinski definition) is 1. The molecule has 0 aliphatic heterocycles. The normalized spacial score (nSPS) is 10.5. The topological polar surface area (TPSA) is 85.8 Å². The van der Waals surface area contributed by atoms with E-state index < -0.39 is 0 Å². The van der Waals surface area contributed by atoms with Gasteiger partial charge in [0.25, 0.3) is 5.91 Å². The Morgan fingerprint density at radius 1 is 1.59 bits per heavy atom. The van der Waals surface area contributed by atoms with Gasteiger partial charge in [-0.1, -0.05) is 5.16 Å². The van der Waals surface area contributed by atoms with Crippen LogP contribution >= 0.6 is 0 Å². The summed E-state index contributed by atoms with van der Waals surface area (Å²) in [4.78, 5) is 11.7. The molecule has 0 saturated heterocycles. The minimum Gasteiger partial charge on any atom is -0.351 e. The Hall–Kier alpha value is -2.18. The number of amides is 1. The van der Waals surface area contributed by atoms with E-state index in [9.17, 15) is 4.79 Å². The second-order valence-electron chi connectivity index (χ2n) is 3.55. The summed E-state index contributed by atoms with van der Waals surface area (Å²) >= 11 is 0. The van der Waals surface area contributed by atoms with E-state index in [1.54, 1.807) is 19.3 Å². The maximum atomic E-state index is 11.7. The number of nitrogens with one attached hydrogen (secondary N) is 1. The molecule has 17 heavy (non-hydrogen) atoms. The van der Waals surface area contributed by atoms with Crippen LogP contribution in [0.1, 0.15) is 29.0 Å². The minimum absolute atomic E-state index is 0.199. The minimum atomic E-state index is -0.309. The molecule has 0 saturated carbocycles. The van der Waals surface area contributed by atoms with Crippen LogP contribution in [0.25, 0.3) is 0 Å². The molecule has 0 aromatic carbocycles. The number of rotatable bonds is 4. The predicted octanol–water partition coefficient (Wildman–Crippen LogP) is 0.524. The highest BCUT2D eigenvalue weighted by atomic mass is 16.5. The van der Waals surface area contributed by atoms with Crippen LogP contribution in [-0.4, -0.2) is 25.8 Å². The lowest BCUT2D eigenvalue weighted by Gasteiger charge is -2.03. The zero-order chi connectivity index (χ0) is 12.3. The predicted molar refractivity (Wildman–Crippen MR) is 58.1 cm³/mol. The van der Waals surface area contributed by atoms with E-state index in [1.165, 1.54) is 0 Å². The van der Waals surface area contributed by atoms with Crippen molar-refractivity contribution in [1.82, 2.24) is 25.2 Å². The van der Waals surface area contributed by atoms with Gasteiger partial charge in [-0.2, -0.15) is 0 Å². The average Bonchev–Trinajstić information content (AvgIpc) is 2.94. The number of carbonyl (C=O) groups excluding carboxylic acids is 1. The third kappa shape index (κ3) is 2.49.